The first-order chi connectivity index (χ1) is 11.8. The number of methoxy groups -OCH3 is 1. The van der Waals surface area contributed by atoms with Gasteiger partial charge in [-0.3, -0.25) is 4.79 Å². The lowest BCUT2D eigenvalue weighted by Crippen LogP contribution is -2.38. The second-order valence-electron chi connectivity index (χ2n) is 5.68. The Hall–Kier alpha value is -2.14. The maximum Gasteiger partial charge on any atom is 0.224 e. The van der Waals surface area contributed by atoms with E-state index in [0.29, 0.717) is 13.0 Å². The Morgan fingerprint density at radius 2 is 2.08 bits per heavy atom. The van der Waals surface area contributed by atoms with Gasteiger partial charge in [0.25, 0.3) is 0 Å². The zero-order valence-electron chi connectivity index (χ0n) is 13.8. The first kappa shape index (κ1) is 16.7. The fourth-order valence-electron chi connectivity index (χ4n) is 2.79. The molecule has 1 aliphatic heterocycles. The summed E-state index contributed by atoms with van der Waals surface area (Å²) in [6, 6.07) is 16.0. The number of ether oxygens (including phenoxy) is 1. The van der Waals surface area contributed by atoms with Crippen LogP contribution in [0.5, 0.6) is 5.75 Å². The zero-order valence-corrected chi connectivity index (χ0v) is 14.6. The van der Waals surface area contributed by atoms with Crippen LogP contribution in [0.4, 0.5) is 5.69 Å². The summed E-state index contributed by atoms with van der Waals surface area (Å²) in [5, 5.41) is 3.02. The van der Waals surface area contributed by atoms with Gasteiger partial charge in [-0.05, 0) is 17.7 Å². The van der Waals surface area contributed by atoms with Crippen molar-refractivity contribution in [3.8, 4) is 5.75 Å². The van der Waals surface area contributed by atoms with Crippen LogP contribution in [0.2, 0.25) is 0 Å². The Morgan fingerprint density at radius 3 is 2.88 bits per heavy atom. The van der Waals surface area contributed by atoms with E-state index >= 15 is 0 Å². The van der Waals surface area contributed by atoms with E-state index in [1.54, 1.807) is 7.11 Å². The molecule has 1 aliphatic rings. The Kier molecular flexibility index (Phi) is 5.64. The van der Waals surface area contributed by atoms with E-state index in [1.165, 1.54) is 10.6 Å². The average Bonchev–Trinajstić information content (AvgIpc) is 2.62. The molecule has 0 aliphatic carbocycles. The van der Waals surface area contributed by atoms with Gasteiger partial charge in [-0.2, -0.15) is 0 Å². The number of carbonyl (C=O) groups excluding carboxylic acids is 1. The molecule has 0 fully saturated rings. The Labute approximate surface area is 147 Å². The molecule has 1 heterocycles. The summed E-state index contributed by atoms with van der Waals surface area (Å²) >= 11 is 1.87. The summed E-state index contributed by atoms with van der Waals surface area (Å²) in [6.07, 6.45) is 0.432. The monoisotopic (exact) mass is 342 g/mol. The predicted molar refractivity (Wildman–Crippen MR) is 99.1 cm³/mol. The summed E-state index contributed by atoms with van der Waals surface area (Å²) in [7, 11) is 1.69. The highest BCUT2D eigenvalue weighted by molar-refractivity contribution is 7.99. The second kappa shape index (κ2) is 8.11. The molecule has 0 atom stereocenters. The van der Waals surface area contributed by atoms with Gasteiger partial charge >= 0.3 is 0 Å². The van der Waals surface area contributed by atoms with Crippen LogP contribution in [-0.4, -0.2) is 38.4 Å². The lowest BCUT2D eigenvalue weighted by atomic mass is 10.1. The van der Waals surface area contributed by atoms with Crippen LogP contribution < -0.4 is 15.0 Å². The molecule has 1 amide bonds. The lowest BCUT2D eigenvalue weighted by Gasteiger charge is -2.31. The number of benzene rings is 2. The molecule has 24 heavy (non-hydrogen) atoms. The van der Waals surface area contributed by atoms with E-state index < -0.39 is 0 Å². The maximum absolute atomic E-state index is 12.0. The van der Waals surface area contributed by atoms with Crippen LogP contribution in [0.1, 0.15) is 5.56 Å². The number of carbonyl (C=O) groups is 1. The van der Waals surface area contributed by atoms with Crippen LogP contribution in [0.3, 0.4) is 0 Å². The Balaban J connectivity index is 1.53. The summed E-state index contributed by atoms with van der Waals surface area (Å²) in [4.78, 5) is 15.6. The normalized spacial score (nSPS) is 13.3. The van der Waals surface area contributed by atoms with Crippen molar-refractivity contribution in [3.05, 3.63) is 54.1 Å². The van der Waals surface area contributed by atoms with Gasteiger partial charge in [0, 0.05) is 36.3 Å². The van der Waals surface area contributed by atoms with E-state index in [-0.39, 0.29) is 5.91 Å². The topological polar surface area (TPSA) is 41.6 Å². The highest BCUT2D eigenvalue weighted by atomic mass is 32.2. The molecular weight excluding hydrogens is 320 g/mol. The molecule has 0 saturated heterocycles. The van der Waals surface area contributed by atoms with E-state index in [1.807, 2.05) is 48.2 Å². The van der Waals surface area contributed by atoms with Gasteiger partial charge in [0.05, 0.1) is 19.2 Å². The molecule has 5 heteroatoms. The molecule has 3 rings (SSSR count). The predicted octanol–water partition coefficient (Wildman–Crippen LogP) is 2.97. The minimum atomic E-state index is 0.0680. The number of thioether (sulfide) groups is 1. The van der Waals surface area contributed by atoms with Crippen molar-refractivity contribution in [1.29, 1.82) is 0 Å². The van der Waals surface area contributed by atoms with Crippen molar-refractivity contribution < 1.29 is 9.53 Å². The van der Waals surface area contributed by atoms with Crippen LogP contribution in [0, 0.1) is 0 Å². The molecule has 0 spiro atoms. The number of rotatable bonds is 6. The number of fused-ring (bicyclic) bond motifs is 1. The van der Waals surface area contributed by atoms with Crippen LogP contribution in [0.25, 0.3) is 0 Å². The maximum atomic E-state index is 12.0. The van der Waals surface area contributed by atoms with E-state index in [0.717, 1.165) is 30.2 Å². The summed E-state index contributed by atoms with van der Waals surface area (Å²) < 4.78 is 5.33. The third-order valence-electron chi connectivity index (χ3n) is 4.04. The van der Waals surface area contributed by atoms with Gasteiger partial charge in [-0.25, -0.2) is 0 Å². The molecule has 0 bridgehead atoms. The van der Waals surface area contributed by atoms with E-state index in [2.05, 4.69) is 22.3 Å². The largest absolute Gasteiger partial charge is 0.497 e. The minimum Gasteiger partial charge on any atom is -0.497 e. The zero-order chi connectivity index (χ0) is 16.8. The van der Waals surface area contributed by atoms with Crippen LogP contribution in [-0.2, 0) is 11.2 Å². The Bertz CT molecular complexity index is 691. The van der Waals surface area contributed by atoms with Gasteiger partial charge in [0.1, 0.15) is 5.75 Å². The van der Waals surface area contributed by atoms with Gasteiger partial charge < -0.3 is 15.0 Å². The van der Waals surface area contributed by atoms with E-state index in [9.17, 15) is 4.79 Å². The third-order valence-corrected chi connectivity index (χ3v) is 5.08. The van der Waals surface area contributed by atoms with Crippen molar-refractivity contribution >= 4 is 23.4 Å². The molecule has 1 N–H and O–H groups in total. The highest BCUT2D eigenvalue weighted by Crippen LogP contribution is 2.36. The van der Waals surface area contributed by atoms with E-state index in [4.69, 9.17) is 4.74 Å². The highest BCUT2D eigenvalue weighted by Gasteiger charge is 2.18. The molecule has 0 saturated carbocycles. The SMILES string of the molecule is COc1ccc2c(c1)N(CCNC(=O)Cc1ccccc1)CCS2. The summed E-state index contributed by atoms with van der Waals surface area (Å²) in [6.45, 7) is 2.44. The first-order valence-electron chi connectivity index (χ1n) is 8.12. The van der Waals surface area contributed by atoms with Crippen molar-refractivity contribution in [2.75, 3.05) is 37.4 Å². The molecule has 4 nitrogen and oxygen atoms in total. The van der Waals surface area contributed by atoms with Gasteiger partial charge in [-0.15, -0.1) is 11.8 Å². The van der Waals surface area contributed by atoms with Crippen LogP contribution in [0.15, 0.2) is 53.4 Å². The molecule has 2 aromatic carbocycles. The first-order valence-corrected chi connectivity index (χ1v) is 9.11. The standard InChI is InChI=1S/C19H22N2O2S/c1-23-16-7-8-18-17(14-16)21(11-12-24-18)10-9-20-19(22)13-15-5-3-2-4-6-15/h2-8,14H,9-13H2,1H3,(H,20,22). The smallest absolute Gasteiger partial charge is 0.224 e. The molecule has 126 valence electrons. The number of amides is 1. The third kappa shape index (κ3) is 4.23. The minimum absolute atomic E-state index is 0.0680. The molecule has 2 aromatic rings. The van der Waals surface area contributed by atoms with Gasteiger partial charge in [0.2, 0.25) is 5.91 Å². The molecule has 0 radical (unpaired) electrons. The summed E-state index contributed by atoms with van der Waals surface area (Å²) in [5.41, 5.74) is 2.24. The van der Waals surface area contributed by atoms with Crippen molar-refractivity contribution in [2.24, 2.45) is 0 Å². The van der Waals surface area contributed by atoms with Crippen molar-refractivity contribution in [2.45, 2.75) is 11.3 Å². The quantitative estimate of drug-likeness (QED) is 0.876. The number of hydrogen-bond donors (Lipinski definition) is 1. The number of nitrogens with one attached hydrogen (secondary N) is 1. The average molecular weight is 342 g/mol. The summed E-state index contributed by atoms with van der Waals surface area (Å²) in [5.74, 6) is 2.00. The second-order valence-corrected chi connectivity index (χ2v) is 6.82. The Morgan fingerprint density at radius 1 is 1.25 bits per heavy atom. The van der Waals surface area contributed by atoms with Crippen molar-refractivity contribution in [3.63, 3.8) is 0 Å². The number of anilines is 1. The fraction of sp³-hybridized carbons (Fsp3) is 0.316. The molecular formula is C19H22N2O2S. The van der Waals surface area contributed by atoms with Crippen LogP contribution >= 0.6 is 11.8 Å². The van der Waals surface area contributed by atoms with Crippen molar-refractivity contribution in [1.82, 2.24) is 5.32 Å². The molecule has 0 aromatic heterocycles. The molecule has 0 unspecified atom stereocenters. The fourth-order valence-corrected chi connectivity index (χ4v) is 3.82. The number of nitrogens with zero attached hydrogens (tertiary/aromatic N) is 1. The van der Waals surface area contributed by atoms with Gasteiger partial charge in [-0.1, -0.05) is 30.3 Å². The van der Waals surface area contributed by atoms with Gasteiger partial charge in [0.15, 0.2) is 0 Å². The number of hydrogen-bond acceptors (Lipinski definition) is 4. The lowest BCUT2D eigenvalue weighted by molar-refractivity contribution is -0.120.